The van der Waals surface area contributed by atoms with Crippen LogP contribution < -0.4 is 5.32 Å². The summed E-state index contributed by atoms with van der Waals surface area (Å²) in [5, 5.41) is 2.94. The van der Waals surface area contributed by atoms with Gasteiger partial charge in [-0.15, -0.1) is 0 Å². The molecule has 0 saturated heterocycles. The Labute approximate surface area is 157 Å². The van der Waals surface area contributed by atoms with Crippen molar-refractivity contribution >= 4 is 51.7 Å². The average molecular weight is 401 g/mol. The minimum absolute atomic E-state index is 0.106. The van der Waals surface area contributed by atoms with E-state index >= 15 is 0 Å². The molecule has 6 nitrogen and oxygen atoms in total. The number of nitrogens with one attached hydrogen (secondary N) is 1. The fourth-order valence-electron chi connectivity index (χ4n) is 1.89. The number of esters is 1. The summed E-state index contributed by atoms with van der Waals surface area (Å²) < 4.78 is 16.8. The molecule has 0 aliphatic rings. The Bertz CT molecular complexity index is 845. The van der Waals surface area contributed by atoms with Crippen molar-refractivity contribution in [3.8, 4) is 0 Å². The van der Waals surface area contributed by atoms with E-state index in [4.69, 9.17) is 27.9 Å². The van der Waals surface area contributed by atoms with Crippen molar-refractivity contribution in [1.82, 2.24) is 4.98 Å². The van der Waals surface area contributed by atoms with Crippen LogP contribution >= 0.6 is 23.2 Å². The van der Waals surface area contributed by atoms with Gasteiger partial charge in [-0.3, -0.25) is 9.00 Å². The highest BCUT2D eigenvalue weighted by Crippen LogP contribution is 2.23. The Morgan fingerprint density at radius 2 is 1.96 bits per heavy atom. The highest BCUT2D eigenvalue weighted by molar-refractivity contribution is 7.84. The molecule has 0 bridgehead atoms. The Morgan fingerprint density at radius 1 is 1.28 bits per heavy atom. The summed E-state index contributed by atoms with van der Waals surface area (Å²) in [5.41, 5.74) is 0.144. The number of nitrogens with zero attached hydrogens (tertiary/aromatic N) is 1. The van der Waals surface area contributed by atoms with E-state index in [0.29, 0.717) is 9.92 Å². The standard InChI is InChI=1S/C16H14Cl2N2O4S/c1-9(15(21)20-14-12(18)7-10(17)8-19-14)24-16(22)11-5-3-4-6-13(11)25(2)23/h3-9H,1-2H3,(H,19,20,21)/t9-,25+/m0/s1. The lowest BCUT2D eigenvalue weighted by atomic mass is 10.2. The second kappa shape index (κ2) is 8.42. The maximum atomic E-state index is 12.3. The van der Waals surface area contributed by atoms with Crippen LogP contribution in [-0.2, 0) is 20.3 Å². The molecule has 1 aromatic heterocycles. The molecule has 0 spiro atoms. The molecule has 2 rings (SSSR count). The van der Waals surface area contributed by atoms with Gasteiger partial charge in [-0.25, -0.2) is 9.78 Å². The van der Waals surface area contributed by atoms with E-state index in [2.05, 4.69) is 10.3 Å². The van der Waals surface area contributed by atoms with Crippen molar-refractivity contribution < 1.29 is 18.5 Å². The normalized spacial score (nSPS) is 13.0. The summed E-state index contributed by atoms with van der Waals surface area (Å²) in [7, 11) is -1.36. The molecule has 1 heterocycles. The predicted octanol–water partition coefficient (Wildman–Crippen LogP) is 3.31. The Hall–Kier alpha value is -1.96. The van der Waals surface area contributed by atoms with Crippen LogP contribution in [0.25, 0.3) is 0 Å². The number of ether oxygens (including phenoxy) is 1. The van der Waals surface area contributed by atoms with E-state index in [1.807, 2.05) is 0 Å². The second-order valence-corrected chi connectivity index (χ2v) is 7.16. The van der Waals surface area contributed by atoms with Crippen LogP contribution in [0, 0.1) is 0 Å². The molecule has 0 aliphatic carbocycles. The van der Waals surface area contributed by atoms with Crippen molar-refractivity contribution in [3.63, 3.8) is 0 Å². The van der Waals surface area contributed by atoms with Crippen LogP contribution in [0.3, 0.4) is 0 Å². The SMILES string of the molecule is C[C@H](OC(=O)c1ccccc1[S@@](C)=O)C(=O)Nc1ncc(Cl)cc1Cl. The van der Waals surface area contributed by atoms with Gasteiger partial charge in [0.1, 0.15) is 0 Å². The van der Waals surface area contributed by atoms with Crippen molar-refractivity contribution in [1.29, 1.82) is 0 Å². The third-order valence-corrected chi connectivity index (χ3v) is 4.59. The molecule has 1 N–H and O–H groups in total. The number of hydrogen-bond donors (Lipinski definition) is 1. The third kappa shape index (κ3) is 5.01. The van der Waals surface area contributed by atoms with Gasteiger partial charge in [0.25, 0.3) is 5.91 Å². The molecule has 25 heavy (non-hydrogen) atoms. The predicted molar refractivity (Wildman–Crippen MR) is 96.5 cm³/mol. The maximum absolute atomic E-state index is 12.3. The topological polar surface area (TPSA) is 85.4 Å². The zero-order valence-electron chi connectivity index (χ0n) is 13.3. The molecule has 1 aromatic carbocycles. The first-order valence-electron chi connectivity index (χ1n) is 7.05. The van der Waals surface area contributed by atoms with E-state index in [1.54, 1.807) is 18.2 Å². The Balaban J connectivity index is 2.08. The van der Waals surface area contributed by atoms with Crippen LogP contribution in [0.5, 0.6) is 0 Å². The maximum Gasteiger partial charge on any atom is 0.340 e. The molecule has 1 amide bonds. The van der Waals surface area contributed by atoms with Crippen molar-refractivity contribution in [2.75, 3.05) is 11.6 Å². The minimum Gasteiger partial charge on any atom is -0.449 e. The number of pyridine rings is 1. The number of carbonyl (C=O) groups excluding carboxylic acids is 2. The zero-order chi connectivity index (χ0) is 18.6. The van der Waals surface area contributed by atoms with E-state index < -0.39 is 28.8 Å². The first-order chi connectivity index (χ1) is 11.8. The van der Waals surface area contributed by atoms with Crippen molar-refractivity contribution in [2.45, 2.75) is 17.9 Å². The van der Waals surface area contributed by atoms with Gasteiger partial charge in [-0.1, -0.05) is 35.3 Å². The van der Waals surface area contributed by atoms with Crippen LogP contribution in [0.4, 0.5) is 5.82 Å². The monoisotopic (exact) mass is 400 g/mol. The molecule has 2 atom stereocenters. The molecule has 2 aromatic rings. The number of hydrogen-bond acceptors (Lipinski definition) is 5. The number of rotatable bonds is 5. The molecular weight excluding hydrogens is 387 g/mol. The third-order valence-electron chi connectivity index (χ3n) is 3.12. The second-order valence-electron chi connectivity index (χ2n) is 4.97. The quantitative estimate of drug-likeness (QED) is 0.777. The highest BCUT2D eigenvalue weighted by Gasteiger charge is 2.22. The molecule has 0 unspecified atom stereocenters. The fraction of sp³-hybridized carbons (Fsp3) is 0.188. The number of amides is 1. The zero-order valence-corrected chi connectivity index (χ0v) is 15.6. The number of benzene rings is 1. The number of anilines is 1. The van der Waals surface area contributed by atoms with Crippen molar-refractivity contribution in [2.24, 2.45) is 0 Å². The Kier molecular flexibility index (Phi) is 6.52. The Morgan fingerprint density at radius 3 is 2.60 bits per heavy atom. The van der Waals surface area contributed by atoms with E-state index in [1.165, 1.54) is 31.5 Å². The van der Waals surface area contributed by atoms with Crippen LogP contribution in [0.1, 0.15) is 17.3 Å². The van der Waals surface area contributed by atoms with Crippen LogP contribution in [-0.4, -0.2) is 33.4 Å². The van der Waals surface area contributed by atoms with E-state index in [0.717, 1.165) is 0 Å². The first kappa shape index (κ1) is 19.4. The first-order valence-corrected chi connectivity index (χ1v) is 9.36. The molecule has 0 fully saturated rings. The minimum atomic E-state index is -1.36. The van der Waals surface area contributed by atoms with Gasteiger partial charge in [-0.05, 0) is 25.1 Å². The molecule has 0 radical (unpaired) electrons. The lowest BCUT2D eigenvalue weighted by molar-refractivity contribution is -0.123. The molecule has 0 saturated carbocycles. The average Bonchev–Trinajstić information content (AvgIpc) is 2.57. The van der Waals surface area contributed by atoms with Gasteiger partial charge in [-0.2, -0.15) is 0 Å². The van der Waals surface area contributed by atoms with Gasteiger partial charge in [0.15, 0.2) is 11.9 Å². The lowest BCUT2D eigenvalue weighted by Crippen LogP contribution is -2.30. The largest absolute Gasteiger partial charge is 0.449 e. The fourth-order valence-corrected chi connectivity index (χ4v) is 3.05. The van der Waals surface area contributed by atoms with Crippen LogP contribution in [0.15, 0.2) is 41.4 Å². The van der Waals surface area contributed by atoms with E-state index in [9.17, 15) is 13.8 Å². The molecular formula is C16H14Cl2N2O4S. The van der Waals surface area contributed by atoms with Gasteiger partial charge in [0.2, 0.25) is 0 Å². The van der Waals surface area contributed by atoms with Crippen molar-refractivity contribution in [3.05, 3.63) is 52.1 Å². The number of aromatic nitrogens is 1. The number of carbonyl (C=O) groups is 2. The summed E-state index contributed by atoms with van der Waals surface area (Å²) in [5.74, 6) is -1.25. The lowest BCUT2D eigenvalue weighted by Gasteiger charge is -2.14. The number of halogens is 2. The molecule has 0 aliphatic heterocycles. The smallest absolute Gasteiger partial charge is 0.340 e. The van der Waals surface area contributed by atoms with Crippen LogP contribution in [0.2, 0.25) is 10.0 Å². The van der Waals surface area contributed by atoms with Gasteiger partial charge < -0.3 is 10.1 Å². The van der Waals surface area contributed by atoms with Gasteiger partial charge in [0.05, 0.1) is 31.3 Å². The van der Waals surface area contributed by atoms with E-state index in [-0.39, 0.29) is 16.4 Å². The summed E-state index contributed by atoms with van der Waals surface area (Å²) in [6.45, 7) is 1.41. The summed E-state index contributed by atoms with van der Waals surface area (Å²) >= 11 is 11.7. The molecule has 9 heteroatoms. The summed E-state index contributed by atoms with van der Waals surface area (Å²) in [4.78, 5) is 28.6. The highest BCUT2D eigenvalue weighted by atomic mass is 35.5. The van der Waals surface area contributed by atoms with Gasteiger partial charge in [0, 0.05) is 12.5 Å². The van der Waals surface area contributed by atoms with Gasteiger partial charge >= 0.3 is 5.97 Å². The molecule has 132 valence electrons. The summed E-state index contributed by atoms with van der Waals surface area (Å²) in [6, 6.07) is 7.76. The summed E-state index contributed by atoms with van der Waals surface area (Å²) in [6.07, 6.45) is 1.67.